The van der Waals surface area contributed by atoms with Gasteiger partial charge in [-0.25, -0.2) is 8.42 Å². The number of amides is 2. The Morgan fingerprint density at radius 3 is 2.07 bits per heavy atom. The molecule has 0 heterocycles. The van der Waals surface area contributed by atoms with E-state index in [2.05, 4.69) is 5.32 Å². The van der Waals surface area contributed by atoms with Crippen LogP contribution in [0.3, 0.4) is 0 Å². The minimum atomic E-state index is -4.12. The molecule has 0 fully saturated rings. The zero-order valence-electron chi connectivity index (χ0n) is 24.1. The lowest BCUT2D eigenvalue weighted by molar-refractivity contribution is -0.140. The van der Waals surface area contributed by atoms with Crippen LogP contribution < -0.4 is 9.62 Å². The number of carbonyl (C=O) groups excluding carboxylic acids is 2. The number of thioether (sulfide) groups is 1. The lowest BCUT2D eigenvalue weighted by Crippen LogP contribution is -2.53. The molecule has 3 rings (SSSR count). The van der Waals surface area contributed by atoms with Gasteiger partial charge < -0.3 is 10.2 Å². The third-order valence-corrected chi connectivity index (χ3v) is 9.69. The van der Waals surface area contributed by atoms with E-state index in [-0.39, 0.29) is 23.4 Å². The van der Waals surface area contributed by atoms with Crippen LogP contribution in [0.2, 0.25) is 5.02 Å². The first-order chi connectivity index (χ1) is 19.5. The van der Waals surface area contributed by atoms with Gasteiger partial charge in [-0.05, 0) is 87.0 Å². The molecule has 220 valence electrons. The Morgan fingerprint density at radius 2 is 1.54 bits per heavy atom. The fourth-order valence-electron chi connectivity index (χ4n) is 4.26. The largest absolute Gasteiger partial charge is 0.352 e. The number of aryl methyl sites for hydroxylation is 1. The minimum Gasteiger partial charge on any atom is -0.352 e. The maximum absolute atomic E-state index is 14.1. The van der Waals surface area contributed by atoms with Gasteiger partial charge in [0.1, 0.15) is 12.6 Å². The summed E-state index contributed by atoms with van der Waals surface area (Å²) in [4.78, 5) is 29.9. The van der Waals surface area contributed by atoms with Crippen LogP contribution in [-0.2, 0) is 26.2 Å². The highest BCUT2D eigenvalue weighted by atomic mass is 35.5. The topological polar surface area (TPSA) is 86.8 Å². The predicted molar refractivity (Wildman–Crippen MR) is 168 cm³/mol. The SMILES string of the molecule is CC[C@@H](C)NC(=O)[C@H](CC)N(Cc1ccc(Cl)cc1)C(=O)CN(c1ccc(C)cc1)S(=O)(=O)c1ccc(SC)cc1. The molecule has 41 heavy (non-hydrogen) atoms. The smallest absolute Gasteiger partial charge is 0.264 e. The van der Waals surface area contributed by atoms with E-state index in [0.717, 1.165) is 26.7 Å². The van der Waals surface area contributed by atoms with Gasteiger partial charge in [0.2, 0.25) is 11.8 Å². The lowest BCUT2D eigenvalue weighted by atomic mass is 10.1. The highest BCUT2D eigenvalue weighted by Crippen LogP contribution is 2.27. The number of sulfonamides is 1. The average Bonchev–Trinajstić information content (AvgIpc) is 2.97. The van der Waals surface area contributed by atoms with Crippen molar-refractivity contribution in [2.24, 2.45) is 0 Å². The van der Waals surface area contributed by atoms with Crippen molar-refractivity contribution in [1.82, 2.24) is 10.2 Å². The fraction of sp³-hybridized carbons (Fsp3) is 0.355. The third kappa shape index (κ3) is 8.50. The van der Waals surface area contributed by atoms with Crippen LogP contribution in [0.5, 0.6) is 0 Å². The van der Waals surface area contributed by atoms with E-state index in [4.69, 9.17) is 11.6 Å². The van der Waals surface area contributed by atoms with Crippen LogP contribution in [-0.4, -0.2) is 50.0 Å². The Bertz CT molecular complexity index is 1410. The van der Waals surface area contributed by atoms with Crippen molar-refractivity contribution in [3.63, 3.8) is 0 Å². The predicted octanol–water partition coefficient (Wildman–Crippen LogP) is 6.29. The van der Waals surface area contributed by atoms with E-state index >= 15 is 0 Å². The first kappa shape index (κ1) is 32.5. The second kappa shape index (κ2) is 14.8. The summed E-state index contributed by atoms with van der Waals surface area (Å²) in [6, 6.07) is 19.7. The van der Waals surface area contributed by atoms with Gasteiger partial charge in [-0.3, -0.25) is 13.9 Å². The third-order valence-electron chi connectivity index (χ3n) is 6.90. The van der Waals surface area contributed by atoms with Crippen LogP contribution in [0.25, 0.3) is 0 Å². The molecule has 0 saturated carbocycles. The average molecular weight is 616 g/mol. The van der Waals surface area contributed by atoms with E-state index in [1.54, 1.807) is 72.8 Å². The number of hydrogen-bond donors (Lipinski definition) is 1. The Morgan fingerprint density at radius 1 is 0.927 bits per heavy atom. The standard InChI is InChI=1S/C31H38ClN3O4S2/c1-6-23(4)33-31(37)29(7-2)34(20-24-10-12-25(32)13-11-24)30(36)21-35(26-14-8-22(3)9-15-26)41(38,39)28-18-16-27(40-5)17-19-28/h8-19,23,29H,6-7,20-21H2,1-5H3,(H,33,37)/t23-,29+/m1/s1. The number of anilines is 1. The van der Waals surface area contributed by atoms with Crippen molar-refractivity contribution in [3.8, 4) is 0 Å². The molecule has 0 spiro atoms. The fourth-order valence-corrected chi connectivity index (χ4v) is 6.21. The van der Waals surface area contributed by atoms with Gasteiger partial charge in [0.25, 0.3) is 10.0 Å². The van der Waals surface area contributed by atoms with E-state index in [1.807, 2.05) is 34.0 Å². The molecule has 1 N–H and O–H groups in total. The highest BCUT2D eigenvalue weighted by molar-refractivity contribution is 7.98. The zero-order chi connectivity index (χ0) is 30.2. The number of nitrogens with one attached hydrogen (secondary N) is 1. The van der Waals surface area contributed by atoms with E-state index in [1.165, 1.54) is 16.7 Å². The van der Waals surface area contributed by atoms with Crippen molar-refractivity contribution in [1.29, 1.82) is 0 Å². The summed E-state index contributed by atoms with van der Waals surface area (Å²) in [5.74, 6) is -0.766. The zero-order valence-corrected chi connectivity index (χ0v) is 26.5. The maximum atomic E-state index is 14.1. The molecule has 0 saturated heterocycles. The Labute approximate surface area is 253 Å². The molecule has 2 atom stereocenters. The molecular formula is C31H38ClN3O4S2. The van der Waals surface area contributed by atoms with Crippen LogP contribution in [0.15, 0.2) is 82.6 Å². The molecule has 0 aliphatic carbocycles. The Balaban J connectivity index is 2.05. The van der Waals surface area contributed by atoms with Gasteiger partial charge in [0, 0.05) is 22.5 Å². The van der Waals surface area contributed by atoms with Crippen LogP contribution in [0.1, 0.15) is 44.7 Å². The first-order valence-corrected chi connectivity index (χ1v) is 16.6. The first-order valence-electron chi connectivity index (χ1n) is 13.6. The van der Waals surface area contributed by atoms with Crippen molar-refractivity contribution in [2.75, 3.05) is 17.1 Å². The number of halogens is 1. The monoisotopic (exact) mass is 615 g/mol. The molecule has 0 bridgehead atoms. The summed E-state index contributed by atoms with van der Waals surface area (Å²) in [5.41, 5.74) is 2.09. The second-order valence-corrected chi connectivity index (χ2v) is 13.1. The summed E-state index contributed by atoms with van der Waals surface area (Å²) < 4.78 is 29.1. The Hall–Kier alpha value is -3.01. The van der Waals surface area contributed by atoms with Crippen molar-refractivity contribution in [3.05, 3.63) is 88.9 Å². The summed E-state index contributed by atoms with van der Waals surface area (Å²) in [6.07, 6.45) is 3.01. The molecule has 0 aliphatic heterocycles. The van der Waals surface area contributed by atoms with Gasteiger partial charge >= 0.3 is 0 Å². The number of hydrogen-bond acceptors (Lipinski definition) is 5. The lowest BCUT2D eigenvalue weighted by Gasteiger charge is -2.33. The second-order valence-electron chi connectivity index (χ2n) is 9.91. The molecule has 0 aliphatic rings. The van der Waals surface area contributed by atoms with Crippen LogP contribution >= 0.6 is 23.4 Å². The van der Waals surface area contributed by atoms with Crippen LogP contribution in [0.4, 0.5) is 5.69 Å². The molecular weight excluding hydrogens is 578 g/mol. The highest BCUT2D eigenvalue weighted by Gasteiger charge is 2.34. The van der Waals surface area contributed by atoms with Gasteiger partial charge in [0.05, 0.1) is 10.6 Å². The summed E-state index contributed by atoms with van der Waals surface area (Å²) in [7, 11) is -4.12. The molecule has 10 heteroatoms. The maximum Gasteiger partial charge on any atom is 0.264 e. The minimum absolute atomic E-state index is 0.0716. The van der Waals surface area contributed by atoms with E-state index in [9.17, 15) is 18.0 Å². The molecule has 0 unspecified atom stereocenters. The van der Waals surface area contributed by atoms with Gasteiger partial charge in [0.15, 0.2) is 0 Å². The summed E-state index contributed by atoms with van der Waals surface area (Å²) in [6.45, 7) is 7.26. The quantitative estimate of drug-likeness (QED) is 0.229. The van der Waals surface area contributed by atoms with E-state index in [0.29, 0.717) is 17.1 Å². The normalized spacial score (nSPS) is 12.8. The summed E-state index contributed by atoms with van der Waals surface area (Å²) >= 11 is 7.59. The number of nitrogens with zero attached hydrogens (tertiary/aromatic N) is 2. The van der Waals surface area contributed by atoms with Gasteiger partial charge in [-0.2, -0.15) is 0 Å². The summed E-state index contributed by atoms with van der Waals surface area (Å²) in [5, 5.41) is 3.53. The molecule has 0 radical (unpaired) electrons. The number of benzene rings is 3. The molecule has 0 aromatic heterocycles. The van der Waals surface area contributed by atoms with Crippen molar-refractivity contribution >= 4 is 50.9 Å². The van der Waals surface area contributed by atoms with E-state index < -0.39 is 28.5 Å². The van der Waals surface area contributed by atoms with Gasteiger partial charge in [-0.1, -0.05) is 55.3 Å². The number of rotatable bonds is 13. The number of carbonyl (C=O) groups is 2. The van der Waals surface area contributed by atoms with Crippen molar-refractivity contribution in [2.45, 2.75) is 69.0 Å². The van der Waals surface area contributed by atoms with Gasteiger partial charge in [-0.15, -0.1) is 11.8 Å². The molecule has 3 aromatic rings. The van der Waals surface area contributed by atoms with Crippen molar-refractivity contribution < 1.29 is 18.0 Å². The van der Waals surface area contributed by atoms with Crippen LogP contribution in [0, 0.1) is 6.92 Å². The molecule has 7 nitrogen and oxygen atoms in total. The molecule has 3 aromatic carbocycles. The Kier molecular flexibility index (Phi) is 11.7. The molecule has 2 amide bonds.